The molecule has 0 aliphatic carbocycles. The van der Waals surface area contributed by atoms with Gasteiger partial charge in [-0.1, -0.05) is 0 Å². The lowest BCUT2D eigenvalue weighted by molar-refractivity contribution is -0.120. The molecule has 15 heavy (non-hydrogen) atoms. The van der Waals surface area contributed by atoms with Crippen molar-refractivity contribution in [1.82, 2.24) is 0 Å². The van der Waals surface area contributed by atoms with E-state index >= 15 is 0 Å². The number of likely N-dealkylation sites (N-methyl/N-ethyl adjacent to an activating group) is 1. The number of hydrogen-bond acceptors (Lipinski definition) is 3. The third-order valence-corrected chi connectivity index (χ3v) is 2.98. The molecular weight excluding hydrogens is 192 g/mol. The lowest BCUT2D eigenvalue weighted by atomic mass is 9.97. The first kappa shape index (κ1) is 9.83. The van der Waals surface area contributed by atoms with Crippen LogP contribution in [0.15, 0.2) is 18.2 Å². The molecule has 0 saturated heterocycles. The van der Waals surface area contributed by atoms with Crippen LogP contribution in [0.25, 0.3) is 0 Å². The second-order valence-corrected chi connectivity index (χ2v) is 4.27. The van der Waals surface area contributed by atoms with Crippen molar-refractivity contribution in [3.05, 3.63) is 18.2 Å². The highest BCUT2D eigenvalue weighted by molar-refractivity contribution is 6.06. The Morgan fingerprint density at radius 2 is 2.07 bits per heavy atom. The minimum Gasteiger partial charge on any atom is -0.508 e. The van der Waals surface area contributed by atoms with Gasteiger partial charge >= 0.3 is 0 Å². The number of phenolic OH excluding ortho intramolecular Hbond substituents is 1. The van der Waals surface area contributed by atoms with Crippen molar-refractivity contribution in [3.63, 3.8) is 0 Å². The molecule has 1 heterocycles. The van der Waals surface area contributed by atoms with Crippen molar-refractivity contribution in [2.24, 2.45) is 0 Å². The number of hydrogen-bond donors (Lipinski definition) is 2. The van der Waals surface area contributed by atoms with Gasteiger partial charge in [-0.25, -0.2) is 0 Å². The SMILES string of the molecule is CN1c2ccc(O)cc2NC(=O)C1(C)C. The second-order valence-electron chi connectivity index (χ2n) is 4.27. The Bertz CT molecular complexity index is 427. The summed E-state index contributed by atoms with van der Waals surface area (Å²) in [5.41, 5.74) is 1.00. The molecule has 1 amide bonds. The van der Waals surface area contributed by atoms with E-state index in [4.69, 9.17) is 0 Å². The summed E-state index contributed by atoms with van der Waals surface area (Å²) in [6.45, 7) is 3.72. The molecule has 1 aromatic carbocycles. The highest BCUT2D eigenvalue weighted by Gasteiger charge is 2.37. The highest BCUT2D eigenvalue weighted by Crippen LogP contribution is 2.37. The van der Waals surface area contributed by atoms with Gasteiger partial charge in [-0.2, -0.15) is 0 Å². The van der Waals surface area contributed by atoms with Gasteiger partial charge in [-0.3, -0.25) is 4.79 Å². The Balaban J connectivity index is 2.55. The van der Waals surface area contributed by atoms with Crippen LogP contribution in [0.5, 0.6) is 5.75 Å². The topological polar surface area (TPSA) is 52.6 Å². The van der Waals surface area contributed by atoms with Gasteiger partial charge < -0.3 is 15.3 Å². The number of fused-ring (bicyclic) bond motifs is 1. The van der Waals surface area contributed by atoms with Gasteiger partial charge in [0.1, 0.15) is 11.3 Å². The zero-order valence-electron chi connectivity index (χ0n) is 9.03. The van der Waals surface area contributed by atoms with E-state index < -0.39 is 5.54 Å². The number of aromatic hydroxyl groups is 1. The van der Waals surface area contributed by atoms with Gasteiger partial charge in [-0.15, -0.1) is 0 Å². The largest absolute Gasteiger partial charge is 0.508 e. The third-order valence-electron chi connectivity index (χ3n) is 2.98. The molecule has 0 atom stereocenters. The van der Waals surface area contributed by atoms with E-state index in [2.05, 4.69) is 5.32 Å². The summed E-state index contributed by atoms with van der Waals surface area (Å²) in [4.78, 5) is 13.7. The maximum absolute atomic E-state index is 11.8. The molecule has 0 bridgehead atoms. The molecule has 0 unspecified atom stereocenters. The van der Waals surface area contributed by atoms with Crippen molar-refractivity contribution < 1.29 is 9.90 Å². The average Bonchev–Trinajstić information content (AvgIpc) is 2.15. The summed E-state index contributed by atoms with van der Waals surface area (Å²) in [5, 5.41) is 12.1. The molecule has 2 N–H and O–H groups in total. The monoisotopic (exact) mass is 206 g/mol. The van der Waals surface area contributed by atoms with Crippen molar-refractivity contribution in [1.29, 1.82) is 0 Å². The van der Waals surface area contributed by atoms with E-state index in [-0.39, 0.29) is 11.7 Å². The number of phenols is 1. The quantitative estimate of drug-likeness (QED) is 0.677. The van der Waals surface area contributed by atoms with Crippen LogP contribution in [0, 0.1) is 0 Å². The van der Waals surface area contributed by atoms with Crippen LogP contribution in [-0.4, -0.2) is 23.6 Å². The molecule has 4 heteroatoms. The summed E-state index contributed by atoms with van der Waals surface area (Å²) in [5.74, 6) is 0.0882. The molecule has 80 valence electrons. The number of carbonyl (C=O) groups excluding carboxylic acids is 1. The predicted octanol–water partition coefficient (Wildman–Crippen LogP) is 1.56. The normalized spacial score (nSPS) is 18.3. The van der Waals surface area contributed by atoms with Crippen molar-refractivity contribution >= 4 is 17.3 Å². The molecule has 0 spiro atoms. The zero-order chi connectivity index (χ0) is 11.2. The molecule has 0 saturated carbocycles. The summed E-state index contributed by atoms with van der Waals surface area (Å²) >= 11 is 0. The first-order valence-corrected chi connectivity index (χ1v) is 4.81. The van der Waals surface area contributed by atoms with Gasteiger partial charge in [0.05, 0.1) is 11.4 Å². The van der Waals surface area contributed by atoms with Crippen LogP contribution >= 0.6 is 0 Å². The van der Waals surface area contributed by atoms with E-state index in [1.807, 2.05) is 25.8 Å². The molecule has 1 aromatic rings. The second kappa shape index (κ2) is 2.89. The number of anilines is 2. The maximum atomic E-state index is 11.8. The van der Waals surface area contributed by atoms with E-state index in [1.165, 1.54) is 0 Å². The summed E-state index contributed by atoms with van der Waals surface area (Å²) < 4.78 is 0. The number of rotatable bonds is 0. The molecule has 2 rings (SSSR count). The average molecular weight is 206 g/mol. The van der Waals surface area contributed by atoms with E-state index in [9.17, 15) is 9.90 Å². The highest BCUT2D eigenvalue weighted by atomic mass is 16.3. The first-order chi connectivity index (χ1) is 6.93. The number of nitrogens with zero attached hydrogens (tertiary/aromatic N) is 1. The lowest BCUT2D eigenvalue weighted by Crippen LogP contribution is -2.54. The van der Waals surface area contributed by atoms with E-state index in [1.54, 1.807) is 18.2 Å². The molecular formula is C11H14N2O2. The number of carbonyl (C=O) groups is 1. The number of nitrogens with one attached hydrogen (secondary N) is 1. The van der Waals surface area contributed by atoms with Crippen LogP contribution < -0.4 is 10.2 Å². The number of benzene rings is 1. The molecule has 0 aromatic heterocycles. The Labute approximate surface area is 88.5 Å². The molecule has 1 aliphatic heterocycles. The fourth-order valence-corrected chi connectivity index (χ4v) is 1.65. The van der Waals surface area contributed by atoms with E-state index in [0.29, 0.717) is 5.69 Å². The van der Waals surface area contributed by atoms with Gasteiger partial charge in [-0.05, 0) is 26.0 Å². The van der Waals surface area contributed by atoms with Crippen LogP contribution in [0.3, 0.4) is 0 Å². The van der Waals surface area contributed by atoms with Crippen molar-refractivity contribution in [2.45, 2.75) is 19.4 Å². The molecule has 1 aliphatic rings. The lowest BCUT2D eigenvalue weighted by Gasteiger charge is -2.41. The minimum absolute atomic E-state index is 0.0666. The number of amides is 1. The standard InChI is InChI=1S/C11H14N2O2/c1-11(2)10(15)12-8-6-7(14)4-5-9(8)13(11)3/h4-6,14H,1-3H3,(H,12,15). The summed E-state index contributed by atoms with van der Waals surface area (Å²) in [7, 11) is 1.87. The minimum atomic E-state index is -0.566. The predicted molar refractivity (Wildman–Crippen MR) is 59.2 cm³/mol. The third kappa shape index (κ3) is 1.33. The Morgan fingerprint density at radius 3 is 2.73 bits per heavy atom. The van der Waals surface area contributed by atoms with Crippen LogP contribution in [-0.2, 0) is 4.79 Å². The smallest absolute Gasteiger partial charge is 0.249 e. The molecule has 4 nitrogen and oxygen atoms in total. The van der Waals surface area contributed by atoms with Crippen LogP contribution in [0.1, 0.15) is 13.8 Å². The first-order valence-electron chi connectivity index (χ1n) is 4.81. The Morgan fingerprint density at radius 1 is 1.40 bits per heavy atom. The fourth-order valence-electron chi connectivity index (χ4n) is 1.65. The van der Waals surface area contributed by atoms with Crippen molar-refractivity contribution in [2.75, 3.05) is 17.3 Å². The maximum Gasteiger partial charge on any atom is 0.249 e. The van der Waals surface area contributed by atoms with Crippen LogP contribution in [0.4, 0.5) is 11.4 Å². The molecule has 0 radical (unpaired) electrons. The summed E-state index contributed by atoms with van der Waals surface area (Å²) in [6.07, 6.45) is 0. The van der Waals surface area contributed by atoms with Crippen LogP contribution in [0.2, 0.25) is 0 Å². The van der Waals surface area contributed by atoms with E-state index in [0.717, 1.165) is 5.69 Å². The van der Waals surface area contributed by atoms with Gasteiger partial charge in [0.25, 0.3) is 0 Å². The Kier molecular flexibility index (Phi) is 1.89. The van der Waals surface area contributed by atoms with Gasteiger partial charge in [0.15, 0.2) is 0 Å². The van der Waals surface area contributed by atoms with Gasteiger partial charge in [0.2, 0.25) is 5.91 Å². The molecule has 0 fully saturated rings. The van der Waals surface area contributed by atoms with Crippen molar-refractivity contribution in [3.8, 4) is 5.75 Å². The summed E-state index contributed by atoms with van der Waals surface area (Å²) in [6, 6.07) is 4.97. The zero-order valence-corrected chi connectivity index (χ0v) is 9.03. The Hall–Kier alpha value is -1.71. The fraction of sp³-hybridized carbons (Fsp3) is 0.364. The van der Waals surface area contributed by atoms with Gasteiger partial charge in [0, 0.05) is 13.1 Å².